The van der Waals surface area contributed by atoms with Crippen molar-refractivity contribution in [2.75, 3.05) is 30.8 Å². The van der Waals surface area contributed by atoms with Gasteiger partial charge in [-0.1, -0.05) is 5.16 Å². The fourth-order valence-corrected chi connectivity index (χ4v) is 4.95. The molecular formula is C23H22F4N8O3S. The van der Waals surface area contributed by atoms with Gasteiger partial charge in [-0.25, -0.2) is 19.2 Å². The lowest BCUT2D eigenvalue weighted by Gasteiger charge is -2.33. The van der Waals surface area contributed by atoms with Crippen LogP contribution in [0.2, 0.25) is 0 Å². The van der Waals surface area contributed by atoms with Gasteiger partial charge in [-0.05, 0) is 31.7 Å². The maximum Gasteiger partial charge on any atom is 0.447 e. The number of fused-ring (bicyclic) bond motifs is 1. The number of hydrogen-bond acceptors (Lipinski definition) is 10. The first kappa shape index (κ1) is 26.7. The topological polar surface area (TPSA) is 134 Å². The Morgan fingerprint density at radius 2 is 2.08 bits per heavy atom. The van der Waals surface area contributed by atoms with Gasteiger partial charge in [0.15, 0.2) is 0 Å². The van der Waals surface area contributed by atoms with E-state index in [-0.39, 0.29) is 58.7 Å². The molecule has 0 unspecified atom stereocenters. The van der Waals surface area contributed by atoms with Gasteiger partial charge in [0.2, 0.25) is 17.7 Å². The molecule has 3 N–H and O–H groups in total. The number of rotatable bonds is 8. The van der Waals surface area contributed by atoms with Crippen LogP contribution in [0.25, 0.3) is 16.9 Å². The highest BCUT2D eigenvalue weighted by Crippen LogP contribution is 2.43. The SMILES string of the molecule is CN1CC[C@@H](Nc2cccn3c(SC(F)(F)F)c(-c4noc(CNc5ncc(C(=O)O)cn5)n4)cc23)[C@@H](F)C1. The number of carboxylic acids is 1. The van der Waals surface area contributed by atoms with Gasteiger partial charge in [-0.3, -0.25) is 0 Å². The Hall–Kier alpha value is -3.92. The predicted molar refractivity (Wildman–Crippen MR) is 133 cm³/mol. The lowest BCUT2D eigenvalue weighted by molar-refractivity contribution is -0.0329. The molecule has 0 bridgehead atoms. The number of carboxylic acid groups (broad SMARTS) is 1. The summed E-state index contributed by atoms with van der Waals surface area (Å²) in [6.07, 6.45) is 3.12. The molecule has 16 heteroatoms. The van der Waals surface area contributed by atoms with Gasteiger partial charge >= 0.3 is 11.5 Å². The van der Waals surface area contributed by atoms with Crippen LogP contribution in [0.3, 0.4) is 0 Å². The number of thioether (sulfide) groups is 1. The number of nitrogens with zero attached hydrogens (tertiary/aromatic N) is 6. The van der Waals surface area contributed by atoms with Crippen molar-refractivity contribution in [3.63, 3.8) is 0 Å². The normalized spacial score (nSPS) is 18.4. The first-order valence-corrected chi connectivity index (χ1v) is 12.5. The molecule has 0 radical (unpaired) electrons. The highest BCUT2D eigenvalue weighted by atomic mass is 32.2. The van der Waals surface area contributed by atoms with E-state index in [1.807, 2.05) is 11.9 Å². The van der Waals surface area contributed by atoms with E-state index in [4.69, 9.17) is 9.63 Å². The van der Waals surface area contributed by atoms with Crippen LogP contribution in [-0.4, -0.2) is 78.3 Å². The zero-order chi connectivity index (χ0) is 27.7. The number of anilines is 2. The Morgan fingerprint density at radius 3 is 2.77 bits per heavy atom. The van der Waals surface area contributed by atoms with Crippen LogP contribution in [0.1, 0.15) is 22.7 Å². The van der Waals surface area contributed by atoms with Crippen molar-refractivity contribution in [2.45, 2.75) is 35.7 Å². The van der Waals surface area contributed by atoms with E-state index in [1.54, 1.807) is 12.1 Å². The van der Waals surface area contributed by atoms with Crippen molar-refractivity contribution in [1.29, 1.82) is 0 Å². The smallest absolute Gasteiger partial charge is 0.447 e. The molecule has 0 saturated carbocycles. The summed E-state index contributed by atoms with van der Waals surface area (Å²) in [4.78, 5) is 24.8. The molecule has 1 saturated heterocycles. The van der Waals surface area contributed by atoms with Crippen molar-refractivity contribution in [3.05, 3.63) is 48.2 Å². The fourth-order valence-electron chi connectivity index (χ4n) is 4.21. The third-order valence-corrected chi connectivity index (χ3v) is 6.91. The number of pyridine rings is 1. The van der Waals surface area contributed by atoms with E-state index < -0.39 is 23.7 Å². The summed E-state index contributed by atoms with van der Waals surface area (Å²) in [6, 6.07) is 4.30. The average Bonchev–Trinajstić information content (AvgIpc) is 3.49. The predicted octanol–water partition coefficient (Wildman–Crippen LogP) is 4.16. The minimum atomic E-state index is -4.60. The minimum absolute atomic E-state index is 0.0408. The van der Waals surface area contributed by atoms with Gasteiger partial charge in [0.05, 0.1) is 39.9 Å². The Morgan fingerprint density at radius 1 is 1.31 bits per heavy atom. The number of piperidine rings is 1. The Kier molecular flexibility index (Phi) is 7.31. The standard InChI is InChI=1S/C23H22F4N8O3S/c1-34-6-4-15(14(24)11-34)31-16-3-2-5-35-17(16)7-13(20(35)39-23(25,26)27)19-32-18(38-33-19)10-30-22-28-8-12(9-29-22)21(36)37/h2-3,5,7-9,14-15,31H,4,6,10-11H2,1H3,(H,36,37)(H,28,29,30)/t14-,15+/m0/s1. The van der Waals surface area contributed by atoms with E-state index in [0.717, 1.165) is 12.4 Å². The number of aromatic nitrogens is 5. The third kappa shape index (κ3) is 6.06. The molecular weight excluding hydrogens is 544 g/mol. The molecule has 2 atom stereocenters. The summed E-state index contributed by atoms with van der Waals surface area (Å²) < 4.78 is 61.9. The van der Waals surface area contributed by atoms with Gasteiger partial charge in [-0.2, -0.15) is 18.2 Å². The molecule has 0 amide bonds. The molecule has 5 heterocycles. The zero-order valence-electron chi connectivity index (χ0n) is 20.3. The van der Waals surface area contributed by atoms with Crippen molar-refractivity contribution in [3.8, 4) is 11.4 Å². The van der Waals surface area contributed by atoms with Crippen LogP contribution in [0.15, 0.2) is 46.3 Å². The number of halogens is 4. The highest BCUT2D eigenvalue weighted by Gasteiger charge is 2.34. The number of aromatic carboxylic acids is 1. The van der Waals surface area contributed by atoms with Crippen LogP contribution < -0.4 is 10.6 Å². The second kappa shape index (κ2) is 10.7. The number of alkyl halides is 4. The number of carbonyl (C=O) groups is 1. The van der Waals surface area contributed by atoms with Gasteiger partial charge in [-0.15, -0.1) is 0 Å². The second-order valence-corrected chi connectivity index (χ2v) is 9.93. The molecule has 0 aromatic carbocycles. The van der Waals surface area contributed by atoms with E-state index in [2.05, 4.69) is 30.7 Å². The lowest BCUT2D eigenvalue weighted by Crippen LogP contribution is -2.46. The average molecular weight is 567 g/mol. The van der Waals surface area contributed by atoms with E-state index in [0.29, 0.717) is 24.2 Å². The lowest BCUT2D eigenvalue weighted by atomic mass is 10.0. The third-order valence-electron chi connectivity index (χ3n) is 6.07. The van der Waals surface area contributed by atoms with Crippen molar-refractivity contribution in [1.82, 2.24) is 29.4 Å². The van der Waals surface area contributed by atoms with Crippen LogP contribution >= 0.6 is 11.8 Å². The maximum atomic E-state index is 14.7. The van der Waals surface area contributed by atoms with Crippen LogP contribution in [0.5, 0.6) is 0 Å². The molecule has 39 heavy (non-hydrogen) atoms. The summed E-state index contributed by atoms with van der Waals surface area (Å²) in [5.41, 5.74) is -3.72. The van der Waals surface area contributed by atoms with Crippen LogP contribution in [0.4, 0.5) is 29.2 Å². The molecule has 0 aliphatic carbocycles. The largest absolute Gasteiger partial charge is 0.478 e. The van der Waals surface area contributed by atoms with Crippen LogP contribution in [-0.2, 0) is 6.54 Å². The summed E-state index contributed by atoms with van der Waals surface area (Å²) in [7, 11) is 1.83. The minimum Gasteiger partial charge on any atom is -0.478 e. The van der Waals surface area contributed by atoms with Crippen LogP contribution in [0, 0.1) is 0 Å². The number of hydrogen-bond donors (Lipinski definition) is 3. The molecule has 1 aliphatic heterocycles. The van der Waals surface area contributed by atoms with Crippen molar-refractivity contribution >= 4 is 34.9 Å². The Bertz CT molecular complexity index is 1480. The monoisotopic (exact) mass is 566 g/mol. The molecule has 4 aromatic rings. The Labute approximate surface area is 222 Å². The summed E-state index contributed by atoms with van der Waals surface area (Å²) in [5.74, 6) is -1.11. The van der Waals surface area contributed by atoms with E-state index in [1.165, 1.54) is 16.7 Å². The van der Waals surface area contributed by atoms with E-state index >= 15 is 0 Å². The van der Waals surface area contributed by atoms with Crippen molar-refractivity contribution in [2.24, 2.45) is 0 Å². The van der Waals surface area contributed by atoms with E-state index in [9.17, 15) is 22.4 Å². The second-order valence-electron chi connectivity index (χ2n) is 8.87. The van der Waals surface area contributed by atoms with Crippen molar-refractivity contribution < 1.29 is 32.0 Å². The molecule has 1 aliphatic rings. The summed E-state index contributed by atoms with van der Waals surface area (Å²) >= 11 is -0.314. The summed E-state index contributed by atoms with van der Waals surface area (Å²) in [5, 5.41) is 18.6. The molecule has 4 aromatic heterocycles. The van der Waals surface area contributed by atoms with Gasteiger partial charge in [0, 0.05) is 43.4 Å². The fraction of sp³-hybridized carbons (Fsp3) is 0.348. The summed E-state index contributed by atoms with van der Waals surface area (Å²) in [6.45, 7) is 0.892. The molecule has 11 nitrogen and oxygen atoms in total. The highest BCUT2D eigenvalue weighted by molar-refractivity contribution is 8.00. The molecule has 0 spiro atoms. The first-order chi connectivity index (χ1) is 18.6. The Balaban J connectivity index is 1.42. The molecule has 5 rings (SSSR count). The quantitative estimate of drug-likeness (QED) is 0.210. The zero-order valence-corrected chi connectivity index (χ0v) is 21.1. The van der Waals surface area contributed by atoms with Gasteiger partial charge < -0.3 is 29.6 Å². The van der Waals surface area contributed by atoms with Gasteiger partial charge in [0.1, 0.15) is 6.17 Å². The molecule has 206 valence electrons. The van der Waals surface area contributed by atoms with Gasteiger partial charge in [0.25, 0.3) is 0 Å². The first-order valence-electron chi connectivity index (χ1n) is 11.7. The maximum absolute atomic E-state index is 14.7. The number of likely N-dealkylation sites (tertiary alicyclic amines) is 1. The number of nitrogens with one attached hydrogen (secondary N) is 2. The molecule has 1 fully saturated rings.